The summed E-state index contributed by atoms with van der Waals surface area (Å²) in [6.07, 6.45) is 0. The first-order valence-electron chi connectivity index (χ1n) is 6.60. The number of benzene rings is 2. The maximum absolute atomic E-state index is 13.5. The van der Waals surface area contributed by atoms with E-state index in [2.05, 4.69) is 10.0 Å². The molecule has 10 heteroatoms. The summed E-state index contributed by atoms with van der Waals surface area (Å²) in [6.45, 7) is 0. The summed E-state index contributed by atoms with van der Waals surface area (Å²) < 4.78 is 44.0. The molecule has 128 valence electrons. The molecule has 0 saturated heterocycles. The normalized spacial score (nSPS) is 11.1. The van der Waals surface area contributed by atoms with Crippen LogP contribution in [0.5, 0.6) is 5.75 Å². The van der Waals surface area contributed by atoms with Crippen LogP contribution >= 0.6 is 0 Å². The van der Waals surface area contributed by atoms with Crippen molar-refractivity contribution < 1.29 is 22.5 Å². The predicted molar refractivity (Wildman–Crippen MR) is 85.6 cm³/mol. The van der Waals surface area contributed by atoms with E-state index in [1.54, 1.807) is 0 Å². The fourth-order valence-electron chi connectivity index (χ4n) is 1.96. The molecule has 0 radical (unpaired) electrons. The molecule has 2 aromatic carbocycles. The van der Waals surface area contributed by atoms with E-state index in [1.165, 1.54) is 32.4 Å². The van der Waals surface area contributed by atoms with E-state index in [0.29, 0.717) is 0 Å². The van der Waals surface area contributed by atoms with E-state index >= 15 is 0 Å². The summed E-state index contributed by atoms with van der Waals surface area (Å²) in [5.41, 5.74) is -0.226. The number of nitro groups is 1. The lowest BCUT2D eigenvalue weighted by Crippen LogP contribution is -2.18. The highest BCUT2D eigenvalue weighted by atomic mass is 32.2. The summed E-state index contributed by atoms with van der Waals surface area (Å²) in [5, 5.41) is 13.9. The Kier molecular flexibility index (Phi) is 5.00. The van der Waals surface area contributed by atoms with Crippen molar-refractivity contribution in [1.82, 2.24) is 4.72 Å². The first-order chi connectivity index (χ1) is 11.3. The van der Waals surface area contributed by atoms with E-state index in [4.69, 9.17) is 4.74 Å². The van der Waals surface area contributed by atoms with Gasteiger partial charge in [-0.3, -0.25) is 10.1 Å². The van der Waals surface area contributed by atoms with Crippen LogP contribution in [0.2, 0.25) is 0 Å². The molecule has 2 N–H and O–H groups in total. The van der Waals surface area contributed by atoms with Gasteiger partial charge in [-0.25, -0.2) is 17.5 Å². The quantitative estimate of drug-likeness (QED) is 0.608. The summed E-state index contributed by atoms with van der Waals surface area (Å²) in [6, 6.07) is 7.10. The second kappa shape index (κ2) is 6.81. The highest BCUT2D eigenvalue weighted by molar-refractivity contribution is 7.89. The number of nitrogens with one attached hydrogen (secondary N) is 2. The van der Waals surface area contributed by atoms with Crippen molar-refractivity contribution in [3.8, 4) is 5.75 Å². The molecule has 2 aromatic rings. The van der Waals surface area contributed by atoms with Crippen LogP contribution in [0.15, 0.2) is 41.3 Å². The van der Waals surface area contributed by atoms with Gasteiger partial charge in [0.05, 0.1) is 16.9 Å². The highest BCUT2D eigenvalue weighted by Gasteiger charge is 2.20. The molecule has 0 aliphatic carbocycles. The lowest BCUT2D eigenvalue weighted by Gasteiger charge is -2.10. The van der Waals surface area contributed by atoms with Gasteiger partial charge in [0.15, 0.2) is 0 Å². The predicted octanol–water partition coefficient (Wildman–Crippen LogP) is 2.39. The molecular weight excluding hydrogens is 341 g/mol. The average Bonchev–Trinajstić information content (AvgIpc) is 2.54. The van der Waals surface area contributed by atoms with Crippen LogP contribution in [0, 0.1) is 15.9 Å². The molecular formula is C14H14FN3O5S. The molecule has 0 fully saturated rings. The number of ether oxygens (including phenoxy) is 1. The Morgan fingerprint density at radius 1 is 1.21 bits per heavy atom. The third-order valence-electron chi connectivity index (χ3n) is 3.13. The van der Waals surface area contributed by atoms with Crippen molar-refractivity contribution in [2.45, 2.75) is 4.90 Å². The number of rotatable bonds is 6. The largest absolute Gasteiger partial charge is 0.497 e. The maximum Gasteiger partial charge on any atom is 0.294 e. The van der Waals surface area contributed by atoms with Gasteiger partial charge in [-0.2, -0.15) is 0 Å². The van der Waals surface area contributed by atoms with Crippen LogP contribution in [-0.4, -0.2) is 27.5 Å². The van der Waals surface area contributed by atoms with E-state index in [1.807, 2.05) is 0 Å². The Morgan fingerprint density at radius 2 is 1.92 bits per heavy atom. The molecule has 0 bridgehead atoms. The summed E-state index contributed by atoms with van der Waals surface area (Å²) in [5.74, 6) is -0.358. The fraction of sp³-hybridized carbons (Fsp3) is 0.143. The van der Waals surface area contributed by atoms with Gasteiger partial charge < -0.3 is 10.1 Å². The van der Waals surface area contributed by atoms with Crippen LogP contribution in [0.25, 0.3) is 0 Å². The minimum atomic E-state index is -3.82. The van der Waals surface area contributed by atoms with Crippen LogP contribution in [0.3, 0.4) is 0 Å². The number of sulfonamides is 1. The van der Waals surface area contributed by atoms with Gasteiger partial charge in [0.25, 0.3) is 5.69 Å². The number of halogens is 1. The fourth-order valence-corrected chi connectivity index (χ4v) is 2.71. The molecule has 0 saturated carbocycles. The summed E-state index contributed by atoms with van der Waals surface area (Å²) in [4.78, 5) is 10.2. The number of anilines is 2. The molecule has 0 heterocycles. The molecule has 0 atom stereocenters. The van der Waals surface area contributed by atoms with Gasteiger partial charge in [-0.1, -0.05) is 0 Å². The molecule has 0 aliphatic heterocycles. The summed E-state index contributed by atoms with van der Waals surface area (Å²) in [7, 11) is -1.26. The van der Waals surface area contributed by atoms with E-state index in [9.17, 15) is 22.9 Å². The topological polar surface area (TPSA) is 111 Å². The van der Waals surface area contributed by atoms with Crippen LogP contribution in [0.4, 0.5) is 21.5 Å². The molecule has 8 nitrogen and oxygen atoms in total. The molecule has 0 spiro atoms. The maximum atomic E-state index is 13.5. The first-order valence-corrected chi connectivity index (χ1v) is 8.08. The zero-order chi connectivity index (χ0) is 17.9. The Bertz CT molecular complexity index is 886. The Balaban J connectivity index is 2.47. The zero-order valence-corrected chi connectivity index (χ0v) is 13.6. The van der Waals surface area contributed by atoms with Crippen molar-refractivity contribution in [3.63, 3.8) is 0 Å². The van der Waals surface area contributed by atoms with Gasteiger partial charge >= 0.3 is 0 Å². The number of methoxy groups -OCH3 is 1. The van der Waals surface area contributed by atoms with Crippen molar-refractivity contribution in [1.29, 1.82) is 0 Å². The van der Waals surface area contributed by atoms with Crippen LogP contribution in [0.1, 0.15) is 0 Å². The Labute approximate surface area is 137 Å². The Hall–Kier alpha value is -2.72. The minimum absolute atomic E-state index is 0.0164. The van der Waals surface area contributed by atoms with Crippen molar-refractivity contribution in [2.24, 2.45) is 0 Å². The van der Waals surface area contributed by atoms with Crippen molar-refractivity contribution >= 4 is 27.1 Å². The van der Waals surface area contributed by atoms with E-state index < -0.39 is 26.5 Å². The SMILES string of the molecule is CNS(=O)(=O)c1ccc(Nc2cc(F)cc(OC)c2)c([N+](=O)[O-])c1. The van der Waals surface area contributed by atoms with Gasteiger partial charge in [-0.05, 0) is 25.2 Å². The third-order valence-corrected chi connectivity index (χ3v) is 4.54. The highest BCUT2D eigenvalue weighted by Crippen LogP contribution is 2.31. The van der Waals surface area contributed by atoms with Crippen molar-refractivity contribution in [3.05, 3.63) is 52.3 Å². The van der Waals surface area contributed by atoms with E-state index in [0.717, 1.165) is 18.2 Å². The lowest BCUT2D eigenvalue weighted by molar-refractivity contribution is -0.384. The molecule has 24 heavy (non-hydrogen) atoms. The smallest absolute Gasteiger partial charge is 0.294 e. The number of nitrogens with zero attached hydrogens (tertiary/aromatic N) is 1. The average molecular weight is 355 g/mol. The lowest BCUT2D eigenvalue weighted by atomic mass is 10.2. The number of hydrogen-bond donors (Lipinski definition) is 2. The molecule has 0 aliphatic rings. The Morgan fingerprint density at radius 3 is 2.50 bits per heavy atom. The minimum Gasteiger partial charge on any atom is -0.497 e. The van der Waals surface area contributed by atoms with Crippen LogP contribution < -0.4 is 14.8 Å². The second-order valence-corrected chi connectivity index (χ2v) is 6.53. The molecule has 0 unspecified atom stereocenters. The van der Waals surface area contributed by atoms with E-state index in [-0.39, 0.29) is 22.0 Å². The number of nitro benzene ring substituents is 1. The van der Waals surface area contributed by atoms with Gasteiger partial charge in [-0.15, -0.1) is 0 Å². The van der Waals surface area contributed by atoms with Crippen LogP contribution in [-0.2, 0) is 10.0 Å². The standard InChI is InChI=1S/C14H14FN3O5S/c1-16-24(21,22)12-3-4-13(14(8-12)18(19)20)17-10-5-9(15)6-11(7-10)23-2/h3-8,16-17H,1-2H3. The zero-order valence-electron chi connectivity index (χ0n) is 12.7. The first kappa shape index (κ1) is 17.6. The molecule has 2 rings (SSSR count). The second-order valence-electron chi connectivity index (χ2n) is 4.65. The van der Waals surface area contributed by atoms with Gasteiger partial charge in [0.1, 0.15) is 17.3 Å². The number of hydrogen-bond acceptors (Lipinski definition) is 6. The van der Waals surface area contributed by atoms with Gasteiger partial charge in [0, 0.05) is 23.9 Å². The van der Waals surface area contributed by atoms with Crippen molar-refractivity contribution in [2.75, 3.05) is 19.5 Å². The summed E-state index contributed by atoms with van der Waals surface area (Å²) >= 11 is 0. The molecule has 0 amide bonds. The third kappa shape index (κ3) is 3.78. The monoisotopic (exact) mass is 355 g/mol. The molecule has 0 aromatic heterocycles. The van der Waals surface area contributed by atoms with Gasteiger partial charge in [0.2, 0.25) is 10.0 Å².